The van der Waals surface area contributed by atoms with Gasteiger partial charge in [0.15, 0.2) is 0 Å². The van der Waals surface area contributed by atoms with Gasteiger partial charge in [-0.1, -0.05) is 32.0 Å². The van der Waals surface area contributed by atoms with Crippen LogP contribution < -0.4 is 16.9 Å². The van der Waals surface area contributed by atoms with Crippen molar-refractivity contribution in [3.8, 4) is 0 Å². The third-order valence-corrected chi connectivity index (χ3v) is 2.70. The van der Waals surface area contributed by atoms with E-state index >= 15 is 0 Å². The zero-order chi connectivity index (χ0) is 15.1. The van der Waals surface area contributed by atoms with E-state index in [-0.39, 0.29) is 5.92 Å². The van der Waals surface area contributed by atoms with Crippen molar-refractivity contribution < 1.29 is 9.90 Å². The number of hydrogen-bond donors (Lipinski definition) is 4. The molecule has 0 radical (unpaired) electrons. The minimum atomic E-state index is -0.931. The number of amidine groups is 1. The van der Waals surface area contributed by atoms with Gasteiger partial charge in [-0.05, 0) is 29.7 Å². The molecule has 108 valence electrons. The van der Waals surface area contributed by atoms with E-state index in [1.54, 1.807) is 19.9 Å². The van der Waals surface area contributed by atoms with Crippen LogP contribution in [0.5, 0.6) is 0 Å². The standard InChI is InChI=1S/C9H9N3.C5H11NO2/c10-9-6-5-7-3-1-2-4-8(7)11-12-9;1-3(2)4(6)5(7)8/h1-6,11H,(H2,10,12);3-4H,6H2,1-2H3,(H,7,8)/t;4-/m.0/s1. The van der Waals surface area contributed by atoms with Crippen LogP contribution in [0.25, 0.3) is 6.08 Å². The smallest absolute Gasteiger partial charge is 0.320 e. The predicted molar refractivity (Wildman–Crippen MR) is 81.2 cm³/mol. The molecule has 1 aromatic rings. The van der Waals surface area contributed by atoms with E-state index in [0.717, 1.165) is 11.3 Å². The molecule has 0 fully saturated rings. The summed E-state index contributed by atoms with van der Waals surface area (Å²) >= 11 is 0. The number of rotatable bonds is 2. The highest BCUT2D eigenvalue weighted by atomic mass is 16.4. The number of carbonyl (C=O) groups is 1. The van der Waals surface area contributed by atoms with E-state index in [9.17, 15) is 4.79 Å². The number of fused-ring (bicyclic) bond motifs is 1. The third-order valence-electron chi connectivity index (χ3n) is 2.70. The largest absolute Gasteiger partial charge is 0.480 e. The Morgan fingerprint density at radius 3 is 2.50 bits per heavy atom. The normalized spacial score (nSPS) is 14.1. The zero-order valence-corrected chi connectivity index (χ0v) is 11.6. The number of para-hydroxylation sites is 1. The monoisotopic (exact) mass is 276 g/mol. The number of hydrazone groups is 1. The SMILES string of the molecule is CC(C)[C@H](N)C(=O)O.NC1=NNc2ccccc2C=C1. The number of carboxylic acids is 1. The van der Waals surface area contributed by atoms with Gasteiger partial charge in [0.25, 0.3) is 0 Å². The number of aliphatic carboxylic acids is 1. The number of benzene rings is 1. The Bertz CT molecular complexity index is 524. The molecule has 0 unspecified atom stereocenters. The molecule has 0 aliphatic carbocycles. The van der Waals surface area contributed by atoms with Gasteiger partial charge in [0.05, 0.1) is 5.69 Å². The number of nitrogens with two attached hydrogens (primary N) is 2. The first-order chi connectivity index (χ1) is 9.41. The minimum Gasteiger partial charge on any atom is -0.480 e. The first kappa shape index (κ1) is 15.7. The molecule has 0 saturated heterocycles. The van der Waals surface area contributed by atoms with Gasteiger partial charge in [-0.15, -0.1) is 0 Å². The van der Waals surface area contributed by atoms with Crippen molar-refractivity contribution in [1.29, 1.82) is 0 Å². The maximum Gasteiger partial charge on any atom is 0.320 e. The average molecular weight is 276 g/mol. The predicted octanol–water partition coefficient (Wildman–Crippen LogP) is 1.45. The lowest BCUT2D eigenvalue weighted by molar-refractivity contribution is -0.139. The summed E-state index contributed by atoms with van der Waals surface area (Å²) in [4.78, 5) is 10.0. The molecule has 0 aromatic heterocycles. The summed E-state index contributed by atoms with van der Waals surface area (Å²) < 4.78 is 0. The molecule has 20 heavy (non-hydrogen) atoms. The van der Waals surface area contributed by atoms with Crippen LogP contribution in [0, 0.1) is 5.92 Å². The van der Waals surface area contributed by atoms with E-state index in [1.165, 1.54) is 0 Å². The van der Waals surface area contributed by atoms with Crippen molar-refractivity contribution in [2.24, 2.45) is 22.5 Å². The fourth-order valence-electron chi connectivity index (χ4n) is 1.37. The second-order valence-corrected chi connectivity index (χ2v) is 4.68. The molecule has 6 heteroatoms. The molecule has 0 bridgehead atoms. The Morgan fingerprint density at radius 1 is 1.30 bits per heavy atom. The van der Waals surface area contributed by atoms with Crippen molar-refractivity contribution in [2.45, 2.75) is 19.9 Å². The van der Waals surface area contributed by atoms with E-state index < -0.39 is 12.0 Å². The number of nitrogens with zero attached hydrogens (tertiary/aromatic N) is 1. The topological polar surface area (TPSA) is 114 Å². The Morgan fingerprint density at radius 2 is 1.95 bits per heavy atom. The molecule has 1 atom stereocenters. The molecule has 1 aromatic carbocycles. The van der Waals surface area contributed by atoms with E-state index in [2.05, 4.69) is 10.5 Å². The van der Waals surface area contributed by atoms with Gasteiger partial charge < -0.3 is 16.6 Å². The summed E-state index contributed by atoms with van der Waals surface area (Å²) in [6.07, 6.45) is 3.72. The summed E-state index contributed by atoms with van der Waals surface area (Å²) in [5.74, 6) is -0.418. The van der Waals surface area contributed by atoms with Crippen LogP contribution in [0.3, 0.4) is 0 Å². The number of carboxylic acid groups (broad SMARTS) is 1. The van der Waals surface area contributed by atoms with E-state index in [1.807, 2.05) is 30.3 Å². The molecule has 0 saturated carbocycles. The molecular formula is C14H20N4O2. The molecule has 1 aliphatic heterocycles. The van der Waals surface area contributed by atoms with E-state index in [0.29, 0.717) is 5.84 Å². The molecule has 6 N–H and O–H groups in total. The highest BCUT2D eigenvalue weighted by molar-refractivity contribution is 5.97. The Hall–Kier alpha value is -2.34. The lowest BCUT2D eigenvalue weighted by Crippen LogP contribution is -2.34. The van der Waals surface area contributed by atoms with E-state index in [4.69, 9.17) is 16.6 Å². The average Bonchev–Trinajstić information content (AvgIpc) is 2.61. The van der Waals surface area contributed by atoms with Gasteiger partial charge in [-0.25, -0.2) is 0 Å². The van der Waals surface area contributed by atoms with Gasteiger partial charge in [-0.3, -0.25) is 10.2 Å². The fraction of sp³-hybridized carbons (Fsp3) is 0.286. The molecule has 1 aliphatic rings. The Kier molecular flexibility index (Phi) is 5.74. The van der Waals surface area contributed by atoms with Crippen LogP contribution in [-0.4, -0.2) is 23.0 Å². The molecule has 0 amide bonds. The first-order valence-corrected chi connectivity index (χ1v) is 6.26. The summed E-state index contributed by atoms with van der Waals surface area (Å²) in [5.41, 5.74) is 15.6. The van der Waals surface area contributed by atoms with Crippen LogP contribution >= 0.6 is 0 Å². The summed E-state index contributed by atoms with van der Waals surface area (Å²) in [6, 6.07) is 7.19. The second kappa shape index (κ2) is 7.30. The number of hydrogen-bond acceptors (Lipinski definition) is 5. The lowest BCUT2D eigenvalue weighted by atomic mass is 10.1. The van der Waals surface area contributed by atoms with Crippen molar-refractivity contribution in [2.75, 3.05) is 5.43 Å². The van der Waals surface area contributed by atoms with Crippen molar-refractivity contribution in [3.05, 3.63) is 35.9 Å². The second-order valence-electron chi connectivity index (χ2n) is 4.68. The van der Waals surface area contributed by atoms with Gasteiger partial charge >= 0.3 is 5.97 Å². The highest BCUT2D eigenvalue weighted by Gasteiger charge is 2.14. The summed E-state index contributed by atoms with van der Waals surface area (Å²) in [7, 11) is 0. The Labute approximate surface area is 118 Å². The van der Waals surface area contributed by atoms with Gasteiger partial charge in [0.1, 0.15) is 11.9 Å². The maximum atomic E-state index is 10.0. The molecule has 6 nitrogen and oxygen atoms in total. The molecule has 0 spiro atoms. The van der Waals surface area contributed by atoms with Crippen LogP contribution in [0.4, 0.5) is 5.69 Å². The maximum absolute atomic E-state index is 10.0. The van der Waals surface area contributed by atoms with Gasteiger partial charge in [0.2, 0.25) is 0 Å². The molecule has 2 rings (SSSR count). The van der Waals surface area contributed by atoms with Crippen LogP contribution in [0.15, 0.2) is 35.4 Å². The summed E-state index contributed by atoms with van der Waals surface area (Å²) in [5, 5.41) is 12.1. The number of nitrogens with one attached hydrogen (secondary N) is 1. The minimum absolute atomic E-state index is 0.0208. The fourth-order valence-corrected chi connectivity index (χ4v) is 1.37. The quantitative estimate of drug-likeness (QED) is 0.653. The van der Waals surface area contributed by atoms with Crippen molar-refractivity contribution >= 4 is 23.6 Å². The third kappa shape index (κ3) is 4.74. The van der Waals surface area contributed by atoms with Crippen molar-refractivity contribution in [1.82, 2.24) is 0 Å². The summed E-state index contributed by atoms with van der Waals surface area (Å²) in [6.45, 7) is 3.55. The van der Waals surface area contributed by atoms with Gasteiger partial charge in [-0.2, -0.15) is 5.10 Å². The highest BCUT2D eigenvalue weighted by Crippen LogP contribution is 2.17. The Balaban J connectivity index is 0.000000221. The lowest BCUT2D eigenvalue weighted by Gasteiger charge is -2.07. The van der Waals surface area contributed by atoms with Crippen LogP contribution in [0.2, 0.25) is 0 Å². The van der Waals surface area contributed by atoms with Crippen molar-refractivity contribution in [3.63, 3.8) is 0 Å². The molecular weight excluding hydrogens is 256 g/mol. The van der Waals surface area contributed by atoms with Crippen LogP contribution in [0.1, 0.15) is 19.4 Å². The van der Waals surface area contributed by atoms with Crippen LogP contribution in [-0.2, 0) is 4.79 Å². The number of anilines is 1. The zero-order valence-electron chi connectivity index (χ0n) is 11.6. The van der Waals surface area contributed by atoms with Gasteiger partial charge in [0, 0.05) is 0 Å². The molecule has 1 heterocycles. The first-order valence-electron chi connectivity index (χ1n) is 6.26.